The van der Waals surface area contributed by atoms with Gasteiger partial charge in [0, 0.05) is 43.0 Å². The highest BCUT2D eigenvalue weighted by atomic mass is 35.5. The van der Waals surface area contributed by atoms with Crippen molar-refractivity contribution in [3.8, 4) is 0 Å². The first-order valence-electron chi connectivity index (χ1n) is 8.43. The number of aromatic nitrogens is 1. The molecule has 1 saturated heterocycles. The van der Waals surface area contributed by atoms with Crippen LogP contribution in [0, 0.1) is 13.8 Å². The Morgan fingerprint density at radius 3 is 2.60 bits per heavy atom. The van der Waals surface area contributed by atoms with Crippen LogP contribution >= 0.6 is 11.6 Å². The Balaban J connectivity index is 1.57. The summed E-state index contributed by atoms with van der Waals surface area (Å²) >= 11 is 6.13. The Hall–Kier alpha value is -2.05. The Morgan fingerprint density at radius 2 is 1.96 bits per heavy atom. The van der Waals surface area contributed by atoms with Crippen molar-refractivity contribution in [2.75, 3.05) is 36.4 Å². The van der Waals surface area contributed by atoms with Gasteiger partial charge in [0.1, 0.15) is 5.76 Å². The predicted octanol–water partition coefficient (Wildman–Crippen LogP) is 3.09. The molecule has 0 unspecified atom stereocenters. The van der Waals surface area contributed by atoms with Crippen LogP contribution in [-0.2, 0) is 4.79 Å². The fourth-order valence-corrected chi connectivity index (χ4v) is 3.26. The van der Waals surface area contributed by atoms with Gasteiger partial charge in [0.15, 0.2) is 5.82 Å². The first-order chi connectivity index (χ1) is 11.9. The first-order valence-corrected chi connectivity index (χ1v) is 8.81. The maximum atomic E-state index is 12.4. The molecule has 0 radical (unpaired) electrons. The lowest BCUT2D eigenvalue weighted by Gasteiger charge is -2.39. The summed E-state index contributed by atoms with van der Waals surface area (Å²) in [5, 5.41) is 7.36. The number of nitrogens with one attached hydrogen (secondary N) is 1. The van der Waals surface area contributed by atoms with E-state index in [1.807, 2.05) is 25.1 Å². The number of aryl methyl sites for hydroxylation is 2. The Bertz CT molecular complexity index is 753. The third-order valence-corrected chi connectivity index (χ3v) is 4.87. The van der Waals surface area contributed by atoms with Crippen molar-refractivity contribution in [2.24, 2.45) is 0 Å². The third kappa shape index (κ3) is 4.14. The van der Waals surface area contributed by atoms with Crippen LogP contribution in [0.15, 0.2) is 28.8 Å². The number of anilines is 2. The van der Waals surface area contributed by atoms with Crippen LogP contribution in [0.25, 0.3) is 0 Å². The molecule has 134 valence electrons. The van der Waals surface area contributed by atoms with Crippen molar-refractivity contribution < 1.29 is 9.32 Å². The van der Waals surface area contributed by atoms with Gasteiger partial charge in [-0.3, -0.25) is 9.69 Å². The molecule has 0 spiro atoms. The molecule has 3 rings (SSSR count). The molecule has 1 N–H and O–H groups in total. The second kappa shape index (κ2) is 7.45. The minimum atomic E-state index is -0.223. The molecule has 1 fully saturated rings. The summed E-state index contributed by atoms with van der Waals surface area (Å²) in [4.78, 5) is 16.9. The van der Waals surface area contributed by atoms with Crippen molar-refractivity contribution >= 4 is 29.0 Å². The average Bonchev–Trinajstić information content (AvgIpc) is 3.01. The van der Waals surface area contributed by atoms with Gasteiger partial charge in [-0.15, -0.1) is 0 Å². The summed E-state index contributed by atoms with van der Waals surface area (Å²) in [5.41, 5.74) is 2.38. The summed E-state index contributed by atoms with van der Waals surface area (Å²) in [6.07, 6.45) is 0. The largest absolute Gasteiger partial charge is 0.369 e. The van der Waals surface area contributed by atoms with Crippen LogP contribution in [0.1, 0.15) is 18.2 Å². The van der Waals surface area contributed by atoms with E-state index >= 15 is 0 Å². The number of nitrogens with zero attached hydrogens (tertiary/aromatic N) is 3. The summed E-state index contributed by atoms with van der Waals surface area (Å²) < 4.78 is 4.98. The molecular weight excluding hydrogens is 340 g/mol. The van der Waals surface area contributed by atoms with Crippen LogP contribution in [0.3, 0.4) is 0 Å². The van der Waals surface area contributed by atoms with Crippen molar-refractivity contribution in [1.29, 1.82) is 0 Å². The number of carbonyl (C=O) groups excluding carboxylic acids is 1. The topological polar surface area (TPSA) is 61.6 Å². The van der Waals surface area contributed by atoms with E-state index in [0.717, 1.165) is 31.2 Å². The fraction of sp³-hybridized carbons (Fsp3) is 0.444. The van der Waals surface area contributed by atoms with E-state index in [0.29, 0.717) is 11.6 Å². The number of hydrogen-bond donors (Lipinski definition) is 1. The molecular formula is C18H23ClN4O2. The minimum Gasteiger partial charge on any atom is -0.369 e. The van der Waals surface area contributed by atoms with Gasteiger partial charge in [-0.25, -0.2) is 0 Å². The molecule has 1 atom stereocenters. The van der Waals surface area contributed by atoms with Crippen LogP contribution in [0.2, 0.25) is 5.02 Å². The van der Waals surface area contributed by atoms with E-state index in [9.17, 15) is 4.79 Å². The van der Waals surface area contributed by atoms with E-state index in [1.54, 1.807) is 13.0 Å². The maximum absolute atomic E-state index is 12.4. The summed E-state index contributed by atoms with van der Waals surface area (Å²) in [7, 11) is 0. The lowest BCUT2D eigenvalue weighted by atomic mass is 10.1. The van der Waals surface area contributed by atoms with Gasteiger partial charge in [0.2, 0.25) is 5.91 Å². The smallest absolute Gasteiger partial charge is 0.242 e. The number of halogens is 1. The molecule has 0 aliphatic carbocycles. The monoisotopic (exact) mass is 362 g/mol. The fourth-order valence-electron chi connectivity index (χ4n) is 3.10. The lowest BCUT2D eigenvalue weighted by Crippen LogP contribution is -2.53. The second-order valence-electron chi connectivity index (χ2n) is 6.44. The summed E-state index contributed by atoms with van der Waals surface area (Å²) in [6, 6.07) is 7.45. The second-order valence-corrected chi connectivity index (χ2v) is 6.88. The van der Waals surface area contributed by atoms with E-state index in [2.05, 4.69) is 27.2 Å². The third-order valence-electron chi connectivity index (χ3n) is 4.63. The predicted molar refractivity (Wildman–Crippen MR) is 99.3 cm³/mol. The SMILES string of the molecule is Cc1cc(NC(=O)[C@H](C)N2CCN(c3cc(Cl)ccc3C)CC2)no1. The molecule has 7 heteroatoms. The molecule has 1 amide bonds. The number of amides is 1. The van der Waals surface area contributed by atoms with E-state index in [4.69, 9.17) is 16.1 Å². The highest BCUT2D eigenvalue weighted by Crippen LogP contribution is 2.25. The molecule has 6 nitrogen and oxygen atoms in total. The maximum Gasteiger partial charge on any atom is 0.242 e. The van der Waals surface area contributed by atoms with Crippen LogP contribution < -0.4 is 10.2 Å². The van der Waals surface area contributed by atoms with Gasteiger partial charge in [-0.1, -0.05) is 22.8 Å². The van der Waals surface area contributed by atoms with Gasteiger partial charge < -0.3 is 14.7 Å². The zero-order valence-electron chi connectivity index (χ0n) is 14.8. The van der Waals surface area contributed by atoms with Crippen LogP contribution in [0.4, 0.5) is 11.5 Å². The molecule has 1 aromatic carbocycles. The first kappa shape index (κ1) is 17.8. The normalized spacial score (nSPS) is 16.7. The Morgan fingerprint density at radius 1 is 1.24 bits per heavy atom. The van der Waals surface area contributed by atoms with Gasteiger partial charge in [0.25, 0.3) is 0 Å². The molecule has 2 aromatic rings. The molecule has 1 aliphatic heterocycles. The minimum absolute atomic E-state index is 0.0688. The molecule has 1 aromatic heterocycles. The lowest BCUT2D eigenvalue weighted by molar-refractivity contribution is -0.120. The van der Waals surface area contributed by atoms with Gasteiger partial charge in [-0.05, 0) is 38.5 Å². The van der Waals surface area contributed by atoms with E-state index < -0.39 is 0 Å². The van der Waals surface area contributed by atoms with E-state index in [-0.39, 0.29) is 11.9 Å². The quantitative estimate of drug-likeness (QED) is 0.905. The van der Waals surface area contributed by atoms with E-state index in [1.165, 1.54) is 11.3 Å². The molecule has 25 heavy (non-hydrogen) atoms. The molecule has 2 heterocycles. The van der Waals surface area contributed by atoms with Crippen LogP contribution in [0.5, 0.6) is 0 Å². The standard InChI is InChI=1S/C18H23ClN4O2/c1-12-4-5-15(19)11-16(12)23-8-6-22(7-9-23)14(3)18(24)20-17-10-13(2)25-21-17/h4-5,10-11,14H,6-9H2,1-3H3,(H,20,21,24)/t14-/m0/s1. The van der Waals surface area contributed by atoms with Crippen molar-refractivity contribution in [3.05, 3.63) is 40.6 Å². The highest BCUT2D eigenvalue weighted by molar-refractivity contribution is 6.30. The number of piperazine rings is 1. The van der Waals surface area contributed by atoms with Crippen LogP contribution in [-0.4, -0.2) is 48.2 Å². The molecule has 0 bridgehead atoms. The summed E-state index contributed by atoms with van der Waals surface area (Å²) in [5.74, 6) is 1.07. The number of carbonyl (C=O) groups is 1. The summed E-state index contributed by atoms with van der Waals surface area (Å²) in [6.45, 7) is 9.17. The number of hydrogen-bond acceptors (Lipinski definition) is 5. The zero-order chi connectivity index (χ0) is 18.0. The molecule has 1 aliphatic rings. The Labute approximate surface area is 152 Å². The van der Waals surface area contributed by atoms with Crippen molar-refractivity contribution in [2.45, 2.75) is 26.8 Å². The van der Waals surface area contributed by atoms with Crippen molar-refractivity contribution in [3.63, 3.8) is 0 Å². The number of rotatable bonds is 4. The Kier molecular flexibility index (Phi) is 5.30. The average molecular weight is 363 g/mol. The van der Waals surface area contributed by atoms with Gasteiger partial charge in [-0.2, -0.15) is 0 Å². The molecule has 0 saturated carbocycles. The zero-order valence-corrected chi connectivity index (χ0v) is 15.5. The number of benzene rings is 1. The highest BCUT2D eigenvalue weighted by Gasteiger charge is 2.26. The van der Waals surface area contributed by atoms with Gasteiger partial charge in [0.05, 0.1) is 6.04 Å². The van der Waals surface area contributed by atoms with Crippen molar-refractivity contribution in [1.82, 2.24) is 10.1 Å². The van der Waals surface area contributed by atoms with Gasteiger partial charge >= 0.3 is 0 Å².